The van der Waals surface area contributed by atoms with Gasteiger partial charge in [0.25, 0.3) is 0 Å². The predicted molar refractivity (Wildman–Crippen MR) is 69.3 cm³/mol. The summed E-state index contributed by atoms with van der Waals surface area (Å²) in [6.07, 6.45) is 1.51. The standard InChI is InChI=1S/C13H9FN2OS/c1-7-11(15-6-16-13(7)18)10-5-8-3-2-4-9(14)12(8)17-10/h2-6H,1H3,(H,15,16,18). The molecule has 3 aromatic rings. The van der Waals surface area contributed by atoms with E-state index < -0.39 is 0 Å². The van der Waals surface area contributed by atoms with Gasteiger partial charge in [0.2, 0.25) is 0 Å². The van der Waals surface area contributed by atoms with Gasteiger partial charge in [0.15, 0.2) is 17.2 Å². The Balaban J connectivity index is 2.29. The first-order valence-electron chi connectivity index (χ1n) is 5.39. The van der Waals surface area contributed by atoms with Crippen LogP contribution in [0, 0.1) is 17.4 Å². The van der Waals surface area contributed by atoms with Crippen LogP contribution in [0.1, 0.15) is 5.56 Å². The number of H-pyrrole nitrogens is 1. The molecule has 0 bridgehead atoms. The molecule has 1 aromatic carbocycles. The summed E-state index contributed by atoms with van der Waals surface area (Å²) in [5, 5.41) is 0.723. The van der Waals surface area contributed by atoms with E-state index in [4.69, 9.17) is 16.6 Å². The molecule has 0 spiro atoms. The lowest BCUT2D eigenvalue weighted by atomic mass is 10.2. The number of fused-ring (bicyclic) bond motifs is 1. The zero-order valence-electron chi connectivity index (χ0n) is 9.53. The molecule has 18 heavy (non-hydrogen) atoms. The van der Waals surface area contributed by atoms with Crippen molar-refractivity contribution < 1.29 is 8.81 Å². The molecule has 0 radical (unpaired) electrons. The molecule has 0 aliphatic carbocycles. The summed E-state index contributed by atoms with van der Waals surface area (Å²) < 4.78 is 19.6. The maximum atomic E-state index is 13.6. The molecule has 0 amide bonds. The van der Waals surface area contributed by atoms with Gasteiger partial charge < -0.3 is 9.40 Å². The summed E-state index contributed by atoms with van der Waals surface area (Å²) >= 11 is 5.10. The highest BCUT2D eigenvalue weighted by Crippen LogP contribution is 2.29. The van der Waals surface area contributed by atoms with E-state index in [1.54, 1.807) is 18.2 Å². The van der Waals surface area contributed by atoms with Gasteiger partial charge >= 0.3 is 0 Å². The summed E-state index contributed by atoms with van der Waals surface area (Å²) in [5.74, 6) is 0.185. The lowest BCUT2D eigenvalue weighted by molar-refractivity contribution is 0.567. The fraction of sp³-hybridized carbons (Fsp3) is 0.0769. The van der Waals surface area contributed by atoms with E-state index in [1.165, 1.54) is 12.4 Å². The first kappa shape index (κ1) is 11.1. The van der Waals surface area contributed by atoms with Crippen LogP contribution >= 0.6 is 12.2 Å². The molecule has 0 atom stereocenters. The number of nitrogens with zero attached hydrogens (tertiary/aromatic N) is 1. The fourth-order valence-corrected chi connectivity index (χ4v) is 2.03. The van der Waals surface area contributed by atoms with Gasteiger partial charge in [-0.1, -0.05) is 24.4 Å². The molecule has 0 saturated heterocycles. The quantitative estimate of drug-likeness (QED) is 0.672. The monoisotopic (exact) mass is 260 g/mol. The predicted octanol–water partition coefficient (Wildman–Crippen LogP) is 4.00. The van der Waals surface area contributed by atoms with Crippen molar-refractivity contribution in [2.75, 3.05) is 0 Å². The van der Waals surface area contributed by atoms with E-state index in [2.05, 4.69) is 9.97 Å². The van der Waals surface area contributed by atoms with Crippen LogP contribution in [-0.4, -0.2) is 9.97 Å². The highest BCUT2D eigenvalue weighted by molar-refractivity contribution is 7.71. The van der Waals surface area contributed by atoms with Gasteiger partial charge in [0.05, 0.1) is 12.0 Å². The van der Waals surface area contributed by atoms with Crippen LogP contribution in [0.3, 0.4) is 0 Å². The lowest BCUT2D eigenvalue weighted by Gasteiger charge is -2.00. The average molecular weight is 260 g/mol. The van der Waals surface area contributed by atoms with Crippen LogP contribution in [0.2, 0.25) is 0 Å². The zero-order chi connectivity index (χ0) is 12.7. The Labute approximate surface area is 107 Å². The third-order valence-electron chi connectivity index (χ3n) is 2.83. The van der Waals surface area contributed by atoms with Crippen LogP contribution in [0.4, 0.5) is 4.39 Å². The van der Waals surface area contributed by atoms with Crippen molar-refractivity contribution in [2.24, 2.45) is 0 Å². The molecule has 0 aliphatic rings. The van der Waals surface area contributed by atoms with Crippen LogP contribution in [0.25, 0.3) is 22.4 Å². The average Bonchev–Trinajstić information content (AvgIpc) is 2.78. The zero-order valence-corrected chi connectivity index (χ0v) is 10.3. The highest BCUT2D eigenvalue weighted by atomic mass is 32.1. The molecular formula is C13H9FN2OS. The molecule has 0 unspecified atom stereocenters. The van der Waals surface area contributed by atoms with Crippen molar-refractivity contribution in [3.05, 3.63) is 46.6 Å². The molecule has 3 rings (SSSR count). The summed E-state index contributed by atoms with van der Waals surface area (Å²) in [6, 6.07) is 6.61. The number of nitrogens with one attached hydrogen (secondary N) is 1. The Bertz CT molecular complexity index is 791. The number of benzene rings is 1. The highest BCUT2D eigenvalue weighted by Gasteiger charge is 2.12. The third kappa shape index (κ3) is 1.64. The van der Waals surface area contributed by atoms with E-state index in [0.29, 0.717) is 10.4 Å². The van der Waals surface area contributed by atoms with Crippen molar-refractivity contribution in [1.82, 2.24) is 9.97 Å². The Morgan fingerprint density at radius 2 is 2.22 bits per heavy atom. The van der Waals surface area contributed by atoms with Gasteiger partial charge in [-0.2, -0.15) is 0 Å². The summed E-state index contributed by atoms with van der Waals surface area (Å²) in [7, 11) is 0. The van der Waals surface area contributed by atoms with Crippen LogP contribution < -0.4 is 0 Å². The molecule has 1 N–H and O–H groups in total. The molecular weight excluding hydrogens is 251 g/mol. The minimum atomic E-state index is -0.371. The first-order valence-corrected chi connectivity index (χ1v) is 5.80. The van der Waals surface area contributed by atoms with E-state index in [9.17, 15) is 4.39 Å². The molecule has 2 aromatic heterocycles. The molecule has 0 saturated carbocycles. The van der Waals surface area contributed by atoms with Gasteiger partial charge in [0, 0.05) is 10.9 Å². The molecule has 2 heterocycles. The summed E-state index contributed by atoms with van der Waals surface area (Å²) in [5.41, 5.74) is 1.79. The SMILES string of the molecule is Cc1c(-c2cc3cccc(F)c3o2)[nH]cnc1=S. The second-order valence-electron chi connectivity index (χ2n) is 3.98. The number of furan rings is 1. The lowest BCUT2D eigenvalue weighted by Crippen LogP contribution is -1.89. The van der Waals surface area contributed by atoms with Crippen molar-refractivity contribution >= 4 is 23.2 Å². The van der Waals surface area contributed by atoms with Gasteiger partial charge in [-0.25, -0.2) is 9.37 Å². The fourth-order valence-electron chi connectivity index (χ4n) is 1.87. The topological polar surface area (TPSA) is 41.8 Å². The minimum Gasteiger partial charge on any atom is -0.451 e. The molecule has 0 fully saturated rings. The van der Waals surface area contributed by atoms with Crippen LogP contribution in [-0.2, 0) is 0 Å². The third-order valence-corrected chi connectivity index (χ3v) is 3.24. The van der Waals surface area contributed by atoms with Crippen molar-refractivity contribution in [3.63, 3.8) is 0 Å². The van der Waals surface area contributed by atoms with E-state index in [0.717, 1.165) is 16.6 Å². The normalized spacial score (nSPS) is 11.0. The molecule has 3 nitrogen and oxygen atoms in total. The summed E-state index contributed by atoms with van der Waals surface area (Å²) in [6.45, 7) is 1.85. The Morgan fingerprint density at radius 3 is 3.00 bits per heavy atom. The Hall–Kier alpha value is -2.01. The number of hydrogen-bond acceptors (Lipinski definition) is 3. The first-order chi connectivity index (χ1) is 8.66. The number of halogens is 1. The summed E-state index contributed by atoms with van der Waals surface area (Å²) in [4.78, 5) is 6.96. The number of aromatic amines is 1. The number of aromatic nitrogens is 2. The Morgan fingerprint density at radius 1 is 1.39 bits per heavy atom. The molecule has 5 heteroatoms. The number of hydrogen-bond donors (Lipinski definition) is 1. The molecule has 90 valence electrons. The van der Waals surface area contributed by atoms with Crippen LogP contribution in [0.15, 0.2) is 35.0 Å². The van der Waals surface area contributed by atoms with Gasteiger partial charge in [-0.15, -0.1) is 0 Å². The van der Waals surface area contributed by atoms with Gasteiger partial charge in [-0.05, 0) is 19.1 Å². The van der Waals surface area contributed by atoms with Crippen molar-refractivity contribution in [2.45, 2.75) is 6.92 Å². The van der Waals surface area contributed by atoms with Crippen molar-refractivity contribution in [3.8, 4) is 11.5 Å². The largest absolute Gasteiger partial charge is 0.451 e. The van der Waals surface area contributed by atoms with E-state index >= 15 is 0 Å². The smallest absolute Gasteiger partial charge is 0.170 e. The van der Waals surface area contributed by atoms with E-state index in [-0.39, 0.29) is 11.4 Å². The number of para-hydroxylation sites is 1. The second kappa shape index (κ2) is 4.03. The molecule has 0 aliphatic heterocycles. The van der Waals surface area contributed by atoms with Crippen molar-refractivity contribution in [1.29, 1.82) is 0 Å². The maximum Gasteiger partial charge on any atom is 0.170 e. The van der Waals surface area contributed by atoms with E-state index in [1.807, 2.05) is 6.92 Å². The minimum absolute atomic E-state index is 0.253. The Kier molecular flexibility index (Phi) is 2.48. The maximum absolute atomic E-state index is 13.6. The number of rotatable bonds is 1. The van der Waals surface area contributed by atoms with Crippen LogP contribution in [0.5, 0.6) is 0 Å². The van der Waals surface area contributed by atoms with Gasteiger partial charge in [0.1, 0.15) is 4.64 Å². The van der Waals surface area contributed by atoms with Gasteiger partial charge in [-0.3, -0.25) is 0 Å². The second-order valence-corrected chi connectivity index (χ2v) is 4.36.